The standard InChI is InChI=1S/C17H25FN2O3S/c1-4-24(21,22)19-14-11-17(2,3)23-16-10-15(13(18)9-12(14)16)20-7-5-6-8-20/h9-10,14,19H,4-8,11H2,1-3H3. The fourth-order valence-corrected chi connectivity index (χ4v) is 4.28. The van der Waals surface area contributed by atoms with Gasteiger partial charge in [0.1, 0.15) is 17.2 Å². The van der Waals surface area contributed by atoms with Gasteiger partial charge in [-0.25, -0.2) is 17.5 Å². The van der Waals surface area contributed by atoms with E-state index < -0.39 is 21.7 Å². The maximum Gasteiger partial charge on any atom is 0.211 e. The van der Waals surface area contributed by atoms with Gasteiger partial charge in [0.05, 0.1) is 17.5 Å². The monoisotopic (exact) mass is 356 g/mol. The molecule has 1 atom stereocenters. The van der Waals surface area contributed by atoms with E-state index in [1.165, 1.54) is 6.07 Å². The molecule has 24 heavy (non-hydrogen) atoms. The molecular weight excluding hydrogens is 331 g/mol. The molecule has 0 aromatic heterocycles. The van der Waals surface area contributed by atoms with Crippen LogP contribution in [0.25, 0.3) is 0 Å². The van der Waals surface area contributed by atoms with Crippen molar-refractivity contribution < 1.29 is 17.5 Å². The second-order valence-electron chi connectivity index (χ2n) is 7.18. The molecule has 1 saturated heterocycles. The second-order valence-corrected chi connectivity index (χ2v) is 9.22. The minimum atomic E-state index is -3.39. The van der Waals surface area contributed by atoms with E-state index in [2.05, 4.69) is 4.72 Å². The Morgan fingerprint density at radius 3 is 2.62 bits per heavy atom. The molecular formula is C17H25FN2O3S. The van der Waals surface area contributed by atoms with Crippen molar-refractivity contribution in [2.24, 2.45) is 0 Å². The summed E-state index contributed by atoms with van der Waals surface area (Å²) in [5, 5.41) is 0. The molecule has 2 heterocycles. The number of nitrogens with one attached hydrogen (secondary N) is 1. The molecule has 5 nitrogen and oxygen atoms in total. The summed E-state index contributed by atoms with van der Waals surface area (Å²) in [7, 11) is -3.39. The highest BCUT2D eigenvalue weighted by molar-refractivity contribution is 7.89. The Morgan fingerprint density at radius 2 is 2.00 bits per heavy atom. The van der Waals surface area contributed by atoms with Crippen LogP contribution in [0.1, 0.15) is 51.6 Å². The second kappa shape index (κ2) is 6.19. The molecule has 3 rings (SSSR count). The lowest BCUT2D eigenvalue weighted by atomic mass is 9.90. The number of ether oxygens (including phenoxy) is 1. The minimum absolute atomic E-state index is 0.00549. The molecule has 1 N–H and O–H groups in total. The van der Waals surface area contributed by atoms with Crippen LogP contribution in [-0.4, -0.2) is 32.9 Å². The van der Waals surface area contributed by atoms with Gasteiger partial charge in [-0.3, -0.25) is 0 Å². The summed E-state index contributed by atoms with van der Waals surface area (Å²) < 4.78 is 47.3. The van der Waals surface area contributed by atoms with Gasteiger partial charge in [-0.05, 0) is 39.7 Å². The van der Waals surface area contributed by atoms with Crippen molar-refractivity contribution in [1.82, 2.24) is 4.72 Å². The van der Waals surface area contributed by atoms with Gasteiger partial charge < -0.3 is 9.64 Å². The van der Waals surface area contributed by atoms with E-state index in [0.29, 0.717) is 23.4 Å². The van der Waals surface area contributed by atoms with Gasteiger partial charge in [0.25, 0.3) is 0 Å². The summed E-state index contributed by atoms with van der Waals surface area (Å²) in [4.78, 5) is 2.02. The van der Waals surface area contributed by atoms with Crippen LogP contribution in [0, 0.1) is 5.82 Å². The molecule has 0 bridgehead atoms. The molecule has 0 amide bonds. The summed E-state index contributed by atoms with van der Waals surface area (Å²) in [6.07, 6.45) is 2.57. The van der Waals surface area contributed by atoms with Crippen LogP contribution in [0.15, 0.2) is 12.1 Å². The van der Waals surface area contributed by atoms with Crippen molar-refractivity contribution in [1.29, 1.82) is 0 Å². The molecule has 0 radical (unpaired) electrons. The topological polar surface area (TPSA) is 58.6 Å². The fourth-order valence-electron chi connectivity index (χ4n) is 3.47. The number of fused-ring (bicyclic) bond motifs is 1. The maximum absolute atomic E-state index is 14.6. The molecule has 2 aliphatic rings. The number of anilines is 1. The lowest BCUT2D eigenvalue weighted by molar-refractivity contribution is 0.0700. The van der Waals surface area contributed by atoms with Crippen LogP contribution in [0.5, 0.6) is 5.75 Å². The van der Waals surface area contributed by atoms with Gasteiger partial charge in [0.15, 0.2) is 0 Å². The molecule has 7 heteroatoms. The van der Waals surface area contributed by atoms with Crippen LogP contribution in [0.3, 0.4) is 0 Å². The SMILES string of the molecule is CCS(=O)(=O)NC1CC(C)(C)Oc2cc(N3CCCC3)c(F)cc21. The molecule has 2 aliphatic heterocycles. The van der Waals surface area contributed by atoms with E-state index in [-0.39, 0.29) is 11.6 Å². The number of halogens is 1. The predicted octanol–water partition coefficient (Wildman–Crippen LogP) is 2.97. The number of hydrogen-bond donors (Lipinski definition) is 1. The lowest BCUT2D eigenvalue weighted by Crippen LogP contribution is -2.41. The third-order valence-corrected chi connectivity index (χ3v) is 6.09. The van der Waals surface area contributed by atoms with Crippen molar-refractivity contribution in [2.45, 2.75) is 51.7 Å². The summed E-state index contributed by atoms with van der Waals surface area (Å²) >= 11 is 0. The first kappa shape index (κ1) is 17.5. The van der Waals surface area contributed by atoms with Crippen LogP contribution in [0.4, 0.5) is 10.1 Å². The third kappa shape index (κ3) is 3.52. The first-order valence-corrected chi connectivity index (χ1v) is 10.1. The number of sulfonamides is 1. The smallest absolute Gasteiger partial charge is 0.211 e. The first-order chi connectivity index (χ1) is 11.2. The largest absolute Gasteiger partial charge is 0.487 e. The molecule has 1 unspecified atom stereocenters. The highest BCUT2D eigenvalue weighted by Gasteiger charge is 2.36. The Morgan fingerprint density at radius 1 is 1.33 bits per heavy atom. The van der Waals surface area contributed by atoms with Gasteiger partial charge >= 0.3 is 0 Å². The van der Waals surface area contributed by atoms with Gasteiger partial charge in [-0.15, -0.1) is 0 Å². The van der Waals surface area contributed by atoms with E-state index in [0.717, 1.165) is 25.9 Å². The average Bonchev–Trinajstić information content (AvgIpc) is 3.00. The number of rotatable bonds is 4. The van der Waals surface area contributed by atoms with Crippen molar-refractivity contribution in [3.63, 3.8) is 0 Å². The van der Waals surface area contributed by atoms with Crippen LogP contribution in [0.2, 0.25) is 0 Å². The summed E-state index contributed by atoms with van der Waals surface area (Å²) in [6, 6.07) is 2.68. The Balaban J connectivity index is 2.01. The number of hydrogen-bond acceptors (Lipinski definition) is 4. The number of benzene rings is 1. The highest BCUT2D eigenvalue weighted by Crippen LogP contribution is 2.43. The van der Waals surface area contributed by atoms with Crippen LogP contribution >= 0.6 is 0 Å². The first-order valence-electron chi connectivity index (χ1n) is 8.48. The highest BCUT2D eigenvalue weighted by atomic mass is 32.2. The molecule has 1 aromatic rings. The van der Waals surface area contributed by atoms with Crippen LogP contribution < -0.4 is 14.4 Å². The molecule has 1 fully saturated rings. The van der Waals surface area contributed by atoms with Gasteiger partial charge in [0.2, 0.25) is 10.0 Å². The van der Waals surface area contributed by atoms with E-state index >= 15 is 0 Å². The minimum Gasteiger partial charge on any atom is -0.487 e. The Kier molecular flexibility index (Phi) is 4.51. The lowest BCUT2D eigenvalue weighted by Gasteiger charge is -2.38. The Hall–Kier alpha value is -1.34. The third-order valence-electron chi connectivity index (χ3n) is 4.69. The zero-order valence-corrected chi connectivity index (χ0v) is 15.2. The van der Waals surface area contributed by atoms with Crippen molar-refractivity contribution >= 4 is 15.7 Å². The average molecular weight is 356 g/mol. The fraction of sp³-hybridized carbons (Fsp3) is 0.647. The van der Waals surface area contributed by atoms with Gasteiger partial charge in [0, 0.05) is 31.1 Å². The number of nitrogens with zero attached hydrogens (tertiary/aromatic N) is 1. The van der Waals surface area contributed by atoms with E-state index in [9.17, 15) is 12.8 Å². The Bertz CT molecular complexity index is 728. The van der Waals surface area contributed by atoms with E-state index in [1.807, 2.05) is 18.7 Å². The van der Waals surface area contributed by atoms with Crippen LogP contribution in [-0.2, 0) is 10.0 Å². The van der Waals surface area contributed by atoms with Crippen molar-refractivity contribution in [3.05, 3.63) is 23.5 Å². The summed E-state index contributed by atoms with van der Waals surface area (Å²) in [5.74, 6) is 0.243. The molecule has 0 spiro atoms. The molecule has 1 aromatic carbocycles. The maximum atomic E-state index is 14.6. The predicted molar refractivity (Wildman–Crippen MR) is 92.5 cm³/mol. The quantitative estimate of drug-likeness (QED) is 0.901. The molecule has 0 saturated carbocycles. The van der Waals surface area contributed by atoms with E-state index in [1.54, 1.807) is 13.0 Å². The zero-order valence-electron chi connectivity index (χ0n) is 14.4. The molecule has 134 valence electrons. The van der Waals surface area contributed by atoms with Crippen molar-refractivity contribution in [3.8, 4) is 5.75 Å². The summed E-state index contributed by atoms with van der Waals surface area (Å²) in [6.45, 7) is 7.10. The Labute approximate surface area is 143 Å². The molecule has 0 aliphatic carbocycles. The van der Waals surface area contributed by atoms with Gasteiger partial charge in [-0.1, -0.05) is 0 Å². The van der Waals surface area contributed by atoms with Crippen molar-refractivity contribution in [2.75, 3.05) is 23.7 Å². The summed E-state index contributed by atoms with van der Waals surface area (Å²) in [5.41, 5.74) is 0.599. The van der Waals surface area contributed by atoms with Gasteiger partial charge in [-0.2, -0.15) is 0 Å². The van der Waals surface area contributed by atoms with E-state index in [4.69, 9.17) is 4.74 Å². The normalized spacial score (nSPS) is 23.0. The zero-order chi connectivity index (χ0) is 17.5.